The Kier molecular flexibility index (Phi) is 4.14. The lowest BCUT2D eigenvalue weighted by Crippen LogP contribution is -2.41. The molecule has 3 heteroatoms. The highest BCUT2D eigenvalue weighted by Crippen LogP contribution is 2.16. The van der Waals surface area contributed by atoms with Crippen LogP contribution in [0.2, 0.25) is 0 Å². The average Bonchev–Trinajstić information content (AvgIpc) is 2.08. The van der Waals surface area contributed by atoms with Crippen molar-refractivity contribution >= 4 is 21.8 Å². The zero-order valence-electron chi connectivity index (χ0n) is 10.2. The molecule has 0 saturated heterocycles. The summed E-state index contributed by atoms with van der Waals surface area (Å²) in [6, 6.07) is 6.00. The fourth-order valence-corrected chi connectivity index (χ4v) is 1.87. The summed E-state index contributed by atoms with van der Waals surface area (Å²) in [5.41, 5.74) is 2.04. The van der Waals surface area contributed by atoms with E-state index >= 15 is 0 Å². The maximum Gasteiger partial charge on any atom is 0.224 e. The van der Waals surface area contributed by atoms with Gasteiger partial charge in [0.2, 0.25) is 5.91 Å². The van der Waals surface area contributed by atoms with E-state index in [0.29, 0.717) is 6.42 Å². The van der Waals surface area contributed by atoms with E-state index < -0.39 is 0 Å². The lowest BCUT2D eigenvalue weighted by Gasteiger charge is -2.20. The summed E-state index contributed by atoms with van der Waals surface area (Å²) in [6.45, 7) is 7.97. The highest BCUT2D eigenvalue weighted by Gasteiger charge is 2.14. The van der Waals surface area contributed by atoms with Crippen molar-refractivity contribution in [3.05, 3.63) is 33.8 Å². The Hall–Kier alpha value is -0.830. The smallest absolute Gasteiger partial charge is 0.224 e. The fraction of sp³-hybridized carbons (Fsp3) is 0.462. The number of hydrogen-bond acceptors (Lipinski definition) is 1. The number of carbonyl (C=O) groups is 1. The van der Waals surface area contributed by atoms with Gasteiger partial charge in [-0.25, -0.2) is 0 Å². The van der Waals surface area contributed by atoms with Gasteiger partial charge in [0.15, 0.2) is 0 Å². The fourth-order valence-electron chi connectivity index (χ4n) is 1.47. The molecule has 0 aliphatic rings. The maximum atomic E-state index is 11.8. The molecule has 0 atom stereocenters. The normalized spacial score (nSPS) is 11.3. The number of carbonyl (C=O) groups excluding carboxylic acids is 1. The molecule has 0 fully saturated rings. The summed E-state index contributed by atoms with van der Waals surface area (Å²) in [4.78, 5) is 11.8. The third kappa shape index (κ3) is 4.35. The second-order valence-corrected chi connectivity index (χ2v) is 5.96. The van der Waals surface area contributed by atoms with E-state index in [9.17, 15) is 4.79 Å². The van der Waals surface area contributed by atoms with E-state index in [1.807, 2.05) is 45.9 Å². The van der Waals surface area contributed by atoms with Crippen LogP contribution in [0.5, 0.6) is 0 Å². The highest BCUT2D eigenvalue weighted by atomic mass is 79.9. The SMILES string of the molecule is Cc1ccc(Br)cc1CC(=O)NC(C)(C)C. The summed E-state index contributed by atoms with van der Waals surface area (Å²) in [5.74, 6) is 0.0636. The summed E-state index contributed by atoms with van der Waals surface area (Å²) < 4.78 is 1.01. The number of rotatable bonds is 2. The number of hydrogen-bond donors (Lipinski definition) is 1. The molecule has 1 aromatic rings. The van der Waals surface area contributed by atoms with Crippen molar-refractivity contribution in [3.8, 4) is 0 Å². The van der Waals surface area contributed by atoms with Gasteiger partial charge in [-0.3, -0.25) is 4.79 Å². The molecule has 88 valence electrons. The monoisotopic (exact) mass is 283 g/mol. The highest BCUT2D eigenvalue weighted by molar-refractivity contribution is 9.10. The van der Waals surface area contributed by atoms with Crippen LogP contribution in [0, 0.1) is 6.92 Å². The molecule has 0 aromatic heterocycles. The Morgan fingerprint density at radius 3 is 2.56 bits per heavy atom. The van der Waals surface area contributed by atoms with Gasteiger partial charge >= 0.3 is 0 Å². The molecule has 0 aliphatic carbocycles. The first-order valence-corrected chi connectivity index (χ1v) is 6.13. The Labute approximate surface area is 106 Å². The van der Waals surface area contributed by atoms with Crippen molar-refractivity contribution < 1.29 is 4.79 Å². The van der Waals surface area contributed by atoms with Crippen molar-refractivity contribution in [2.75, 3.05) is 0 Å². The number of nitrogens with one attached hydrogen (secondary N) is 1. The molecule has 0 saturated carbocycles. The lowest BCUT2D eigenvalue weighted by atomic mass is 10.0. The van der Waals surface area contributed by atoms with Crippen molar-refractivity contribution in [2.24, 2.45) is 0 Å². The van der Waals surface area contributed by atoms with Gasteiger partial charge in [0, 0.05) is 10.0 Å². The lowest BCUT2D eigenvalue weighted by molar-refractivity contribution is -0.121. The predicted octanol–water partition coefficient (Wildman–Crippen LogP) is 3.21. The molecule has 1 aromatic carbocycles. The van der Waals surface area contributed by atoms with E-state index in [4.69, 9.17) is 0 Å². The first kappa shape index (κ1) is 13.2. The minimum atomic E-state index is -0.170. The summed E-state index contributed by atoms with van der Waals surface area (Å²) in [5, 5.41) is 2.96. The molecule has 1 amide bonds. The van der Waals surface area contributed by atoms with E-state index in [0.717, 1.165) is 15.6 Å². The van der Waals surface area contributed by atoms with Gasteiger partial charge in [-0.1, -0.05) is 22.0 Å². The third-order valence-electron chi connectivity index (χ3n) is 2.18. The summed E-state index contributed by atoms with van der Waals surface area (Å²) in [6.07, 6.45) is 0.433. The van der Waals surface area contributed by atoms with Gasteiger partial charge < -0.3 is 5.32 Å². The zero-order valence-corrected chi connectivity index (χ0v) is 11.8. The largest absolute Gasteiger partial charge is 0.351 e. The summed E-state index contributed by atoms with van der Waals surface area (Å²) in [7, 11) is 0. The van der Waals surface area contributed by atoms with Crippen LogP contribution in [0.25, 0.3) is 0 Å². The van der Waals surface area contributed by atoms with Crippen LogP contribution in [0.15, 0.2) is 22.7 Å². The average molecular weight is 284 g/mol. The Balaban J connectivity index is 2.73. The molecular weight excluding hydrogens is 266 g/mol. The maximum absolute atomic E-state index is 11.8. The van der Waals surface area contributed by atoms with Crippen LogP contribution in [-0.2, 0) is 11.2 Å². The van der Waals surface area contributed by atoms with E-state index in [-0.39, 0.29) is 11.4 Å². The number of aryl methyl sites for hydroxylation is 1. The molecule has 1 N–H and O–H groups in total. The first-order chi connectivity index (χ1) is 7.28. The topological polar surface area (TPSA) is 29.1 Å². The van der Waals surface area contributed by atoms with E-state index in [1.165, 1.54) is 0 Å². The molecule has 0 heterocycles. The molecule has 16 heavy (non-hydrogen) atoms. The van der Waals surface area contributed by atoms with Crippen molar-refractivity contribution in [1.29, 1.82) is 0 Å². The van der Waals surface area contributed by atoms with Crippen LogP contribution in [0.4, 0.5) is 0 Å². The number of halogens is 1. The Morgan fingerprint density at radius 2 is 2.00 bits per heavy atom. The third-order valence-corrected chi connectivity index (χ3v) is 2.67. The number of benzene rings is 1. The van der Waals surface area contributed by atoms with Gasteiger partial charge in [0.05, 0.1) is 6.42 Å². The molecule has 0 spiro atoms. The molecule has 0 radical (unpaired) electrons. The minimum absolute atomic E-state index is 0.0636. The van der Waals surface area contributed by atoms with E-state index in [2.05, 4.69) is 21.2 Å². The molecule has 0 unspecified atom stereocenters. The van der Waals surface area contributed by atoms with Crippen molar-refractivity contribution in [1.82, 2.24) is 5.32 Å². The number of amides is 1. The van der Waals surface area contributed by atoms with Gasteiger partial charge in [0.25, 0.3) is 0 Å². The molecular formula is C13H18BrNO. The van der Waals surface area contributed by atoms with E-state index in [1.54, 1.807) is 0 Å². The van der Waals surface area contributed by atoms with Crippen LogP contribution in [0.3, 0.4) is 0 Å². The second-order valence-electron chi connectivity index (χ2n) is 5.05. The van der Waals surface area contributed by atoms with Crippen LogP contribution >= 0.6 is 15.9 Å². The Bertz CT molecular complexity index is 393. The van der Waals surface area contributed by atoms with Gasteiger partial charge in [-0.15, -0.1) is 0 Å². The minimum Gasteiger partial charge on any atom is -0.351 e. The standard InChI is InChI=1S/C13H18BrNO/c1-9-5-6-11(14)7-10(9)8-12(16)15-13(2,3)4/h5-7H,8H2,1-4H3,(H,15,16). The quantitative estimate of drug-likeness (QED) is 0.887. The predicted molar refractivity (Wildman–Crippen MR) is 70.5 cm³/mol. The van der Waals surface area contributed by atoms with Gasteiger partial charge in [-0.2, -0.15) is 0 Å². The zero-order chi connectivity index (χ0) is 12.3. The molecule has 0 aliphatic heterocycles. The Morgan fingerprint density at radius 1 is 1.38 bits per heavy atom. The van der Waals surface area contributed by atoms with Gasteiger partial charge in [-0.05, 0) is 51.0 Å². The van der Waals surface area contributed by atoms with Crippen LogP contribution in [0.1, 0.15) is 31.9 Å². The molecule has 0 bridgehead atoms. The molecule has 2 nitrogen and oxygen atoms in total. The first-order valence-electron chi connectivity index (χ1n) is 5.34. The second kappa shape index (κ2) is 5.00. The van der Waals surface area contributed by atoms with Crippen molar-refractivity contribution in [2.45, 2.75) is 39.7 Å². The van der Waals surface area contributed by atoms with Crippen LogP contribution in [-0.4, -0.2) is 11.4 Å². The van der Waals surface area contributed by atoms with Crippen LogP contribution < -0.4 is 5.32 Å². The summed E-state index contributed by atoms with van der Waals surface area (Å²) >= 11 is 3.42. The molecule has 1 rings (SSSR count). The van der Waals surface area contributed by atoms with Gasteiger partial charge in [0.1, 0.15) is 0 Å². The van der Waals surface area contributed by atoms with Crippen molar-refractivity contribution in [3.63, 3.8) is 0 Å².